The third-order valence-corrected chi connectivity index (χ3v) is 2.85. The van der Waals surface area contributed by atoms with Crippen LogP contribution in [0.25, 0.3) is 0 Å². The van der Waals surface area contributed by atoms with Gasteiger partial charge in [0.2, 0.25) is 5.95 Å². The Morgan fingerprint density at radius 3 is 2.79 bits per heavy atom. The maximum atomic E-state index is 13.8. The van der Waals surface area contributed by atoms with E-state index in [9.17, 15) is 4.39 Å². The number of nitrogens with zero attached hydrogens (tertiary/aromatic N) is 2. The van der Waals surface area contributed by atoms with Crippen molar-refractivity contribution in [2.75, 3.05) is 17.2 Å². The minimum Gasteiger partial charge on any atom is -0.354 e. The Morgan fingerprint density at radius 1 is 1.26 bits per heavy atom. The fraction of sp³-hybridized carbons (Fsp3) is 0.167. The number of hydrogen-bond acceptors (Lipinski definition) is 4. The van der Waals surface area contributed by atoms with Crippen LogP contribution in [0.4, 0.5) is 21.8 Å². The Bertz CT molecular complexity index is 592. The zero-order valence-corrected chi connectivity index (χ0v) is 11.6. The second-order valence-electron chi connectivity index (χ2n) is 3.65. The Balaban J connectivity index is 2.32. The van der Waals surface area contributed by atoms with Gasteiger partial charge in [-0.05, 0) is 19.1 Å². The van der Waals surface area contributed by atoms with Crippen LogP contribution in [0.5, 0.6) is 0 Å². The van der Waals surface area contributed by atoms with Crippen molar-refractivity contribution in [2.24, 2.45) is 0 Å². The Kier molecular flexibility index (Phi) is 4.39. The molecule has 0 aliphatic rings. The first-order valence-electron chi connectivity index (χ1n) is 5.59. The molecule has 0 aliphatic carbocycles. The lowest BCUT2D eigenvalue weighted by molar-refractivity contribution is 0.632. The van der Waals surface area contributed by atoms with Crippen LogP contribution in [-0.2, 0) is 0 Å². The van der Waals surface area contributed by atoms with Gasteiger partial charge in [-0.1, -0.05) is 29.3 Å². The molecule has 0 saturated carbocycles. The van der Waals surface area contributed by atoms with Crippen molar-refractivity contribution in [1.82, 2.24) is 9.97 Å². The van der Waals surface area contributed by atoms with Gasteiger partial charge in [0.15, 0.2) is 11.6 Å². The van der Waals surface area contributed by atoms with E-state index in [0.29, 0.717) is 23.3 Å². The van der Waals surface area contributed by atoms with Crippen LogP contribution >= 0.6 is 23.2 Å². The summed E-state index contributed by atoms with van der Waals surface area (Å²) in [5.41, 5.74) is 0.204. The first-order chi connectivity index (χ1) is 9.11. The van der Waals surface area contributed by atoms with Crippen molar-refractivity contribution in [3.63, 3.8) is 0 Å². The van der Waals surface area contributed by atoms with Gasteiger partial charge < -0.3 is 10.6 Å². The third kappa shape index (κ3) is 3.24. The molecule has 0 aliphatic heterocycles. The maximum absolute atomic E-state index is 13.8. The number of hydrogen-bond donors (Lipinski definition) is 2. The summed E-state index contributed by atoms with van der Waals surface area (Å²) in [5, 5.41) is 6.07. The first-order valence-corrected chi connectivity index (χ1v) is 6.35. The molecule has 7 heteroatoms. The number of benzene rings is 1. The van der Waals surface area contributed by atoms with Gasteiger partial charge >= 0.3 is 0 Å². The van der Waals surface area contributed by atoms with E-state index in [1.807, 2.05) is 6.92 Å². The second-order valence-corrected chi connectivity index (χ2v) is 4.46. The molecule has 0 saturated heterocycles. The topological polar surface area (TPSA) is 49.8 Å². The lowest BCUT2D eigenvalue weighted by atomic mass is 10.3. The van der Waals surface area contributed by atoms with Gasteiger partial charge in [0.25, 0.3) is 0 Å². The summed E-state index contributed by atoms with van der Waals surface area (Å²) in [4.78, 5) is 8.15. The zero-order chi connectivity index (χ0) is 13.8. The average molecular weight is 301 g/mol. The molecule has 2 N–H and O–H groups in total. The van der Waals surface area contributed by atoms with E-state index in [1.165, 1.54) is 12.3 Å². The monoisotopic (exact) mass is 300 g/mol. The molecule has 1 heterocycles. The second kappa shape index (κ2) is 6.04. The van der Waals surface area contributed by atoms with Gasteiger partial charge in [0.1, 0.15) is 5.02 Å². The van der Waals surface area contributed by atoms with Gasteiger partial charge in [-0.25, -0.2) is 9.37 Å². The largest absolute Gasteiger partial charge is 0.354 e. The molecule has 0 radical (unpaired) electrons. The number of rotatable bonds is 4. The van der Waals surface area contributed by atoms with E-state index in [4.69, 9.17) is 23.2 Å². The van der Waals surface area contributed by atoms with E-state index in [2.05, 4.69) is 20.6 Å². The smallest absolute Gasteiger partial charge is 0.224 e. The lowest BCUT2D eigenvalue weighted by Gasteiger charge is -2.10. The summed E-state index contributed by atoms with van der Waals surface area (Å²) in [6.07, 6.45) is 1.44. The highest BCUT2D eigenvalue weighted by molar-refractivity contribution is 6.33. The molecule has 2 aromatic rings. The molecule has 0 bridgehead atoms. The number of aromatic nitrogens is 2. The van der Waals surface area contributed by atoms with Gasteiger partial charge in [-0.3, -0.25) is 0 Å². The van der Waals surface area contributed by atoms with E-state index in [0.717, 1.165) is 0 Å². The summed E-state index contributed by atoms with van der Waals surface area (Å²) >= 11 is 11.7. The van der Waals surface area contributed by atoms with Gasteiger partial charge in [0, 0.05) is 6.54 Å². The highest BCUT2D eigenvalue weighted by Gasteiger charge is 2.10. The van der Waals surface area contributed by atoms with Crippen LogP contribution in [0.1, 0.15) is 6.92 Å². The summed E-state index contributed by atoms with van der Waals surface area (Å²) in [5.74, 6) is 0.175. The number of anilines is 3. The van der Waals surface area contributed by atoms with Crippen LogP contribution in [0.3, 0.4) is 0 Å². The van der Waals surface area contributed by atoms with Crippen LogP contribution in [0.2, 0.25) is 10.0 Å². The molecule has 19 heavy (non-hydrogen) atoms. The van der Waals surface area contributed by atoms with Crippen LogP contribution in [0.15, 0.2) is 24.4 Å². The Morgan fingerprint density at radius 2 is 2.05 bits per heavy atom. The van der Waals surface area contributed by atoms with E-state index < -0.39 is 5.82 Å². The van der Waals surface area contributed by atoms with E-state index in [-0.39, 0.29) is 10.7 Å². The molecule has 4 nitrogen and oxygen atoms in total. The predicted octanol–water partition coefficient (Wildman–Crippen LogP) is 4.10. The van der Waals surface area contributed by atoms with E-state index >= 15 is 0 Å². The SMILES string of the molecule is CCNc1ncc(Cl)c(Nc2cccc(Cl)c2F)n1. The fourth-order valence-corrected chi connectivity index (χ4v) is 1.74. The van der Waals surface area contributed by atoms with Gasteiger partial charge in [0.05, 0.1) is 16.9 Å². The quantitative estimate of drug-likeness (QED) is 0.892. The van der Waals surface area contributed by atoms with Crippen LogP contribution in [0, 0.1) is 5.82 Å². The van der Waals surface area contributed by atoms with Crippen molar-refractivity contribution < 1.29 is 4.39 Å². The highest BCUT2D eigenvalue weighted by Crippen LogP contribution is 2.28. The molecule has 0 atom stereocenters. The van der Waals surface area contributed by atoms with Crippen LogP contribution in [-0.4, -0.2) is 16.5 Å². The molecule has 0 amide bonds. The summed E-state index contributed by atoms with van der Waals surface area (Å²) < 4.78 is 13.8. The van der Waals surface area contributed by atoms with Crippen LogP contribution < -0.4 is 10.6 Å². The molecule has 0 spiro atoms. The standard InChI is InChI=1S/C12H11Cl2FN4/c1-2-16-12-17-6-8(14)11(19-12)18-9-5-3-4-7(13)10(9)15/h3-6H,2H2,1H3,(H2,16,17,18,19). The van der Waals surface area contributed by atoms with Crippen molar-refractivity contribution >= 4 is 40.7 Å². The minimum atomic E-state index is -0.552. The van der Waals surface area contributed by atoms with Crippen molar-refractivity contribution in [3.05, 3.63) is 40.3 Å². The molecular formula is C12H11Cl2FN4. The van der Waals surface area contributed by atoms with E-state index in [1.54, 1.807) is 12.1 Å². The third-order valence-electron chi connectivity index (χ3n) is 2.28. The molecule has 100 valence electrons. The molecule has 1 aromatic carbocycles. The van der Waals surface area contributed by atoms with Crippen molar-refractivity contribution in [3.8, 4) is 0 Å². The summed E-state index contributed by atoms with van der Waals surface area (Å²) in [6.45, 7) is 2.59. The summed E-state index contributed by atoms with van der Waals surface area (Å²) in [6, 6.07) is 4.65. The summed E-state index contributed by atoms with van der Waals surface area (Å²) in [7, 11) is 0. The Hall–Kier alpha value is -1.59. The zero-order valence-electron chi connectivity index (χ0n) is 10.0. The highest BCUT2D eigenvalue weighted by atomic mass is 35.5. The van der Waals surface area contributed by atoms with Gasteiger partial charge in [-0.2, -0.15) is 4.98 Å². The van der Waals surface area contributed by atoms with Crippen molar-refractivity contribution in [1.29, 1.82) is 0 Å². The first kappa shape index (κ1) is 13.8. The number of nitrogens with one attached hydrogen (secondary N) is 2. The van der Waals surface area contributed by atoms with Crippen molar-refractivity contribution in [2.45, 2.75) is 6.92 Å². The predicted molar refractivity (Wildman–Crippen MR) is 75.9 cm³/mol. The molecule has 1 aromatic heterocycles. The molecular weight excluding hydrogens is 290 g/mol. The lowest BCUT2D eigenvalue weighted by Crippen LogP contribution is -2.05. The molecule has 0 unspecified atom stereocenters. The molecule has 0 fully saturated rings. The normalized spacial score (nSPS) is 10.3. The minimum absolute atomic E-state index is 0.0297. The maximum Gasteiger partial charge on any atom is 0.224 e. The Labute approximate surface area is 120 Å². The fourth-order valence-electron chi connectivity index (χ4n) is 1.43. The molecule has 2 rings (SSSR count). The number of halogens is 3. The average Bonchev–Trinajstić information content (AvgIpc) is 2.39. The van der Waals surface area contributed by atoms with Gasteiger partial charge in [-0.15, -0.1) is 0 Å².